The maximum atomic E-state index is 6.05. The highest BCUT2D eigenvalue weighted by atomic mass is 32.3. The first-order chi connectivity index (χ1) is 7.06. The van der Waals surface area contributed by atoms with Gasteiger partial charge in [-0.25, -0.2) is 0 Å². The van der Waals surface area contributed by atoms with Crippen LogP contribution in [-0.4, -0.2) is 18.8 Å². The first-order valence-corrected chi connectivity index (χ1v) is 8.01. The van der Waals surface area contributed by atoms with Crippen LogP contribution in [0.5, 0.6) is 0 Å². The molecule has 0 aliphatic heterocycles. The van der Waals surface area contributed by atoms with Gasteiger partial charge in [-0.05, 0) is 43.2 Å². The van der Waals surface area contributed by atoms with E-state index in [1.807, 2.05) is 0 Å². The zero-order valence-electron chi connectivity index (χ0n) is 9.62. The molecule has 0 atom stereocenters. The summed E-state index contributed by atoms with van der Waals surface area (Å²) in [5.74, 6) is 1.08. The molecule has 0 aromatic heterocycles. The lowest BCUT2D eigenvalue weighted by molar-refractivity contribution is 0.577. The highest BCUT2D eigenvalue weighted by Gasteiger charge is 2.16. The Morgan fingerprint density at radius 1 is 1.13 bits per heavy atom. The van der Waals surface area contributed by atoms with E-state index in [2.05, 4.69) is 49.1 Å². The Kier molecular flexibility index (Phi) is 2.79. The summed E-state index contributed by atoms with van der Waals surface area (Å²) in [7, 11) is -0.935. The van der Waals surface area contributed by atoms with Crippen LogP contribution in [0.1, 0.15) is 17.5 Å². The van der Waals surface area contributed by atoms with Gasteiger partial charge in [-0.2, -0.15) is 0 Å². The van der Waals surface area contributed by atoms with E-state index in [0.29, 0.717) is 0 Å². The van der Waals surface area contributed by atoms with Crippen LogP contribution >= 0.6 is 10.3 Å². The van der Waals surface area contributed by atoms with Crippen molar-refractivity contribution in [3.63, 3.8) is 0 Å². The van der Waals surface area contributed by atoms with E-state index < -0.39 is 10.3 Å². The Balaban J connectivity index is 2.31. The molecule has 0 radical (unpaired) electrons. The van der Waals surface area contributed by atoms with Crippen molar-refractivity contribution in [2.45, 2.75) is 12.8 Å². The minimum atomic E-state index is -0.935. The van der Waals surface area contributed by atoms with E-state index >= 15 is 0 Å². The fourth-order valence-electron chi connectivity index (χ4n) is 1.80. The van der Waals surface area contributed by atoms with Crippen molar-refractivity contribution in [3.8, 4) is 0 Å². The summed E-state index contributed by atoms with van der Waals surface area (Å²) < 4.78 is 6.05. The standard InChI is InChI=1S/C13H18OS/c1-15(2,3)14-13-10-6-8-11-7-4-5-9-12(11)13/h4-5,7,9-10H,6,8H2,1-3H3. The van der Waals surface area contributed by atoms with Gasteiger partial charge in [0.15, 0.2) is 0 Å². The van der Waals surface area contributed by atoms with Crippen LogP contribution in [-0.2, 0) is 10.6 Å². The van der Waals surface area contributed by atoms with E-state index in [9.17, 15) is 0 Å². The predicted molar refractivity (Wildman–Crippen MR) is 69.2 cm³/mol. The number of allylic oxidation sites excluding steroid dienone is 1. The highest BCUT2D eigenvalue weighted by Crippen LogP contribution is 2.43. The molecule has 0 bridgehead atoms. The molecule has 0 saturated heterocycles. The lowest BCUT2D eigenvalue weighted by atomic mass is 9.96. The first kappa shape index (κ1) is 10.6. The average molecular weight is 222 g/mol. The quantitative estimate of drug-likeness (QED) is 0.743. The normalized spacial score (nSPS) is 16.6. The third-order valence-corrected chi connectivity index (χ3v) is 3.05. The van der Waals surface area contributed by atoms with Crippen molar-refractivity contribution in [2.75, 3.05) is 18.8 Å². The molecule has 0 N–H and O–H groups in total. The smallest absolute Gasteiger partial charge is 0.138 e. The van der Waals surface area contributed by atoms with Crippen LogP contribution in [0.15, 0.2) is 30.3 Å². The molecule has 0 spiro atoms. The Morgan fingerprint density at radius 2 is 1.87 bits per heavy atom. The van der Waals surface area contributed by atoms with Gasteiger partial charge in [0.1, 0.15) is 5.76 Å². The maximum Gasteiger partial charge on any atom is 0.138 e. The lowest BCUT2D eigenvalue weighted by Gasteiger charge is -2.30. The van der Waals surface area contributed by atoms with E-state index in [4.69, 9.17) is 4.18 Å². The summed E-state index contributed by atoms with van der Waals surface area (Å²) in [4.78, 5) is 0. The fourth-order valence-corrected chi connectivity index (χ4v) is 2.49. The Bertz CT molecular complexity index is 388. The van der Waals surface area contributed by atoms with Gasteiger partial charge >= 0.3 is 0 Å². The summed E-state index contributed by atoms with van der Waals surface area (Å²) >= 11 is 0. The summed E-state index contributed by atoms with van der Waals surface area (Å²) in [5.41, 5.74) is 2.70. The van der Waals surface area contributed by atoms with Crippen molar-refractivity contribution in [2.24, 2.45) is 0 Å². The van der Waals surface area contributed by atoms with Crippen molar-refractivity contribution in [1.82, 2.24) is 0 Å². The third kappa shape index (κ3) is 2.57. The van der Waals surface area contributed by atoms with Gasteiger partial charge < -0.3 is 4.18 Å². The molecule has 2 rings (SSSR count). The van der Waals surface area contributed by atoms with Gasteiger partial charge in [0.25, 0.3) is 0 Å². The van der Waals surface area contributed by atoms with Crippen molar-refractivity contribution in [1.29, 1.82) is 0 Å². The predicted octanol–water partition coefficient (Wildman–Crippen LogP) is 3.60. The van der Waals surface area contributed by atoms with Gasteiger partial charge in [0.2, 0.25) is 0 Å². The SMILES string of the molecule is CS(C)(C)OC1=CCCc2ccccc21. The topological polar surface area (TPSA) is 9.23 Å². The van der Waals surface area contributed by atoms with Gasteiger partial charge in [0.05, 0.1) is 0 Å². The number of hydrogen-bond donors (Lipinski definition) is 0. The second-order valence-corrected chi connectivity index (χ2v) is 8.19. The number of rotatable bonds is 2. The minimum absolute atomic E-state index is 0.935. The summed E-state index contributed by atoms with van der Waals surface area (Å²) in [5, 5.41) is 0. The van der Waals surface area contributed by atoms with Crippen LogP contribution < -0.4 is 0 Å². The molecule has 2 heteroatoms. The van der Waals surface area contributed by atoms with Crippen LogP contribution in [0.3, 0.4) is 0 Å². The van der Waals surface area contributed by atoms with Crippen LogP contribution in [0.25, 0.3) is 5.76 Å². The number of benzene rings is 1. The van der Waals surface area contributed by atoms with Gasteiger partial charge in [-0.3, -0.25) is 0 Å². The highest BCUT2D eigenvalue weighted by molar-refractivity contribution is 8.28. The Labute approximate surface area is 93.7 Å². The molecule has 1 aromatic carbocycles. The monoisotopic (exact) mass is 222 g/mol. The molecule has 1 aliphatic rings. The zero-order chi connectivity index (χ0) is 10.9. The van der Waals surface area contributed by atoms with E-state index in [1.54, 1.807) is 0 Å². The largest absolute Gasteiger partial charge is 0.449 e. The molecule has 0 unspecified atom stereocenters. The third-order valence-electron chi connectivity index (χ3n) is 2.37. The fraction of sp³-hybridized carbons (Fsp3) is 0.385. The molecule has 0 heterocycles. The molecule has 0 saturated carbocycles. The number of hydrogen-bond acceptors (Lipinski definition) is 1. The molecule has 1 nitrogen and oxygen atoms in total. The zero-order valence-corrected chi connectivity index (χ0v) is 10.4. The number of fused-ring (bicyclic) bond motifs is 1. The maximum absolute atomic E-state index is 6.05. The van der Waals surface area contributed by atoms with Crippen LogP contribution in [0, 0.1) is 0 Å². The summed E-state index contributed by atoms with van der Waals surface area (Å²) in [6, 6.07) is 8.54. The number of aryl methyl sites for hydroxylation is 1. The molecule has 1 aliphatic carbocycles. The van der Waals surface area contributed by atoms with Crippen LogP contribution in [0.4, 0.5) is 0 Å². The van der Waals surface area contributed by atoms with Gasteiger partial charge in [0, 0.05) is 5.56 Å². The Hall–Kier alpha value is -0.890. The van der Waals surface area contributed by atoms with E-state index in [0.717, 1.165) is 18.6 Å². The molecule has 82 valence electrons. The second-order valence-electron chi connectivity index (χ2n) is 4.57. The van der Waals surface area contributed by atoms with Crippen molar-refractivity contribution < 1.29 is 4.18 Å². The minimum Gasteiger partial charge on any atom is -0.449 e. The molecule has 1 aromatic rings. The summed E-state index contributed by atoms with van der Waals surface area (Å²) in [6.07, 6.45) is 11.0. The molecular formula is C13H18OS. The summed E-state index contributed by atoms with van der Waals surface area (Å²) in [6.45, 7) is 0. The van der Waals surface area contributed by atoms with E-state index in [-0.39, 0.29) is 0 Å². The van der Waals surface area contributed by atoms with E-state index in [1.165, 1.54) is 11.1 Å². The first-order valence-electron chi connectivity index (χ1n) is 5.22. The Morgan fingerprint density at radius 3 is 2.60 bits per heavy atom. The second kappa shape index (κ2) is 3.93. The molecule has 15 heavy (non-hydrogen) atoms. The molecule has 0 amide bonds. The molecular weight excluding hydrogens is 204 g/mol. The van der Waals surface area contributed by atoms with Gasteiger partial charge in [-0.15, -0.1) is 10.3 Å². The average Bonchev–Trinajstić information content (AvgIpc) is 2.16. The van der Waals surface area contributed by atoms with Crippen LogP contribution in [0.2, 0.25) is 0 Å². The van der Waals surface area contributed by atoms with Crippen molar-refractivity contribution >= 4 is 16.1 Å². The van der Waals surface area contributed by atoms with Gasteiger partial charge in [-0.1, -0.05) is 24.3 Å². The molecule has 0 fully saturated rings. The lowest BCUT2D eigenvalue weighted by Crippen LogP contribution is -2.04. The van der Waals surface area contributed by atoms with Crippen molar-refractivity contribution in [3.05, 3.63) is 41.5 Å².